The first-order valence-electron chi connectivity index (χ1n) is 18.1. The molecule has 0 spiro atoms. The second-order valence-electron chi connectivity index (χ2n) is 15.0. The van der Waals surface area contributed by atoms with Gasteiger partial charge in [-0.2, -0.15) is 0 Å². The van der Waals surface area contributed by atoms with E-state index in [0.717, 1.165) is 37.9 Å². The van der Waals surface area contributed by atoms with E-state index in [4.69, 9.17) is 13.9 Å². The number of esters is 2. The summed E-state index contributed by atoms with van der Waals surface area (Å²) in [6.07, 6.45) is 15.8. The van der Waals surface area contributed by atoms with Crippen LogP contribution in [0.4, 0.5) is 0 Å². The number of unbranched alkanes of at least 4 members (excludes halogenated alkanes) is 4. The van der Waals surface area contributed by atoms with Gasteiger partial charge in [-0.25, -0.2) is 0 Å². The van der Waals surface area contributed by atoms with E-state index in [2.05, 4.69) is 64.8 Å². The van der Waals surface area contributed by atoms with Gasteiger partial charge in [0.15, 0.2) is 0 Å². The summed E-state index contributed by atoms with van der Waals surface area (Å²) in [5.41, 5.74) is 1.27. The molecule has 0 aromatic carbocycles. The Morgan fingerprint density at radius 3 is 1.98 bits per heavy atom. The molecule has 0 aromatic rings. The van der Waals surface area contributed by atoms with Crippen molar-refractivity contribution < 1.29 is 23.5 Å². The van der Waals surface area contributed by atoms with Crippen molar-refractivity contribution in [1.29, 1.82) is 0 Å². The van der Waals surface area contributed by atoms with E-state index in [1.54, 1.807) is 0 Å². The maximum atomic E-state index is 12.9. The second kappa shape index (κ2) is 20.6. The van der Waals surface area contributed by atoms with E-state index in [1.807, 2.05) is 13.8 Å². The predicted molar refractivity (Wildman–Crippen MR) is 192 cm³/mol. The van der Waals surface area contributed by atoms with Crippen molar-refractivity contribution in [3.8, 4) is 0 Å². The number of ether oxygens (including phenoxy) is 2. The summed E-state index contributed by atoms with van der Waals surface area (Å²) in [6.45, 7) is 22.6. The third-order valence-corrected chi connectivity index (χ3v) is 28.8. The SMILES string of the molecule is CCC[CH2][Sn](/[CH]=C/[C@H]1C(CCCCC(C)C(=O)OC)=C(OC(=O)CCC)C[C@H]1O[Si](C)(C)C(C)(C)C)([CH2]CCC)[CH2]CCC. The molecule has 0 radical (unpaired) electrons. The van der Waals surface area contributed by atoms with Crippen LogP contribution in [0.1, 0.15) is 139 Å². The molecule has 0 fully saturated rings. The van der Waals surface area contributed by atoms with E-state index in [1.165, 1.54) is 64.5 Å². The van der Waals surface area contributed by atoms with Crippen molar-refractivity contribution in [2.75, 3.05) is 7.11 Å². The summed E-state index contributed by atoms with van der Waals surface area (Å²) in [5.74, 6) is 0.636. The molecule has 0 N–H and O–H groups in total. The van der Waals surface area contributed by atoms with Crippen LogP contribution in [-0.2, 0) is 23.5 Å². The first-order chi connectivity index (χ1) is 20.7. The summed E-state index contributed by atoms with van der Waals surface area (Å²) in [4.78, 5) is 24.9. The Kier molecular flexibility index (Phi) is 19.4. The number of carbonyl (C=O) groups is 2. The molecule has 0 aromatic heterocycles. The van der Waals surface area contributed by atoms with Gasteiger partial charge in [0, 0.05) is 0 Å². The molecule has 3 atom stereocenters. The summed E-state index contributed by atoms with van der Waals surface area (Å²) in [7, 11) is -0.606. The molecule has 1 unspecified atom stereocenters. The van der Waals surface area contributed by atoms with Gasteiger partial charge in [0.25, 0.3) is 0 Å². The fourth-order valence-corrected chi connectivity index (χ4v) is 21.9. The van der Waals surface area contributed by atoms with E-state index in [9.17, 15) is 9.59 Å². The first kappa shape index (κ1) is 41.4. The van der Waals surface area contributed by atoms with Gasteiger partial charge in [-0.1, -0.05) is 0 Å². The maximum absolute atomic E-state index is 12.9. The van der Waals surface area contributed by atoms with Gasteiger partial charge in [-0.05, 0) is 0 Å². The molecule has 0 heterocycles. The fourth-order valence-electron chi connectivity index (χ4n) is 6.17. The van der Waals surface area contributed by atoms with E-state index in [-0.39, 0.29) is 34.9 Å². The molecular formula is C37H70O5SiSn. The Morgan fingerprint density at radius 1 is 0.932 bits per heavy atom. The van der Waals surface area contributed by atoms with Crippen molar-refractivity contribution in [3.63, 3.8) is 0 Å². The van der Waals surface area contributed by atoms with Gasteiger partial charge in [0.05, 0.1) is 0 Å². The molecule has 0 saturated heterocycles. The Hall–Kier alpha value is -0.604. The van der Waals surface area contributed by atoms with Crippen LogP contribution in [0.15, 0.2) is 21.5 Å². The van der Waals surface area contributed by atoms with Crippen LogP contribution in [0.3, 0.4) is 0 Å². The minimum absolute atomic E-state index is 0.00748. The van der Waals surface area contributed by atoms with Crippen LogP contribution >= 0.6 is 0 Å². The van der Waals surface area contributed by atoms with E-state index in [0.29, 0.717) is 12.8 Å². The third kappa shape index (κ3) is 13.6. The molecular weight excluding hydrogens is 671 g/mol. The second-order valence-corrected chi connectivity index (χ2v) is 32.8. The fraction of sp³-hybridized carbons (Fsp3) is 0.838. The minimum atomic E-state index is -2.56. The zero-order chi connectivity index (χ0) is 33.4. The number of hydrogen-bond acceptors (Lipinski definition) is 5. The summed E-state index contributed by atoms with van der Waals surface area (Å²) in [5, 5.41) is 0.0967. The number of carbonyl (C=O) groups excluding carboxylic acids is 2. The molecule has 1 aliphatic rings. The Morgan fingerprint density at radius 2 is 1.50 bits per heavy atom. The average molecular weight is 742 g/mol. The van der Waals surface area contributed by atoms with Gasteiger partial charge in [-0.3, -0.25) is 0 Å². The molecule has 1 rings (SSSR count). The van der Waals surface area contributed by atoms with Gasteiger partial charge < -0.3 is 0 Å². The third-order valence-electron chi connectivity index (χ3n) is 10.2. The predicted octanol–water partition coefficient (Wildman–Crippen LogP) is 11.3. The van der Waals surface area contributed by atoms with Crippen molar-refractivity contribution >= 4 is 38.6 Å². The normalized spacial score (nSPS) is 18.7. The number of rotatable bonds is 22. The molecule has 7 heteroatoms. The molecule has 0 aliphatic heterocycles. The molecule has 0 saturated carbocycles. The van der Waals surface area contributed by atoms with Crippen molar-refractivity contribution in [3.05, 3.63) is 21.5 Å². The molecule has 5 nitrogen and oxygen atoms in total. The average Bonchev–Trinajstić information content (AvgIpc) is 3.27. The van der Waals surface area contributed by atoms with Crippen molar-refractivity contribution in [1.82, 2.24) is 0 Å². The van der Waals surface area contributed by atoms with E-state index < -0.39 is 26.7 Å². The van der Waals surface area contributed by atoms with Gasteiger partial charge in [0.2, 0.25) is 0 Å². The van der Waals surface area contributed by atoms with Crippen LogP contribution in [0.25, 0.3) is 0 Å². The Labute approximate surface area is 277 Å². The van der Waals surface area contributed by atoms with Crippen molar-refractivity contribution in [2.24, 2.45) is 11.8 Å². The summed E-state index contributed by atoms with van der Waals surface area (Å²) < 4.78 is 25.4. The Balaban J connectivity index is 3.57. The molecule has 256 valence electrons. The van der Waals surface area contributed by atoms with Crippen LogP contribution in [0.5, 0.6) is 0 Å². The van der Waals surface area contributed by atoms with Gasteiger partial charge in [-0.15, -0.1) is 0 Å². The van der Waals surface area contributed by atoms with Crippen LogP contribution < -0.4 is 0 Å². The molecule has 0 bridgehead atoms. The van der Waals surface area contributed by atoms with Gasteiger partial charge in [0.1, 0.15) is 0 Å². The summed E-state index contributed by atoms with van der Waals surface area (Å²) >= 11 is -2.56. The molecule has 0 amide bonds. The quantitative estimate of drug-likeness (QED) is 0.0628. The summed E-state index contributed by atoms with van der Waals surface area (Å²) in [6, 6.07) is 0. The first-order valence-corrected chi connectivity index (χ1v) is 28.7. The zero-order valence-corrected chi connectivity index (χ0v) is 34.6. The number of methoxy groups -OCH3 is 1. The van der Waals surface area contributed by atoms with Crippen LogP contribution in [0.2, 0.25) is 31.4 Å². The van der Waals surface area contributed by atoms with Crippen LogP contribution in [-0.4, -0.2) is 51.8 Å². The van der Waals surface area contributed by atoms with Crippen LogP contribution in [0, 0.1) is 11.8 Å². The zero-order valence-electron chi connectivity index (χ0n) is 30.7. The van der Waals surface area contributed by atoms with E-state index >= 15 is 0 Å². The van der Waals surface area contributed by atoms with Crippen molar-refractivity contribution in [2.45, 2.75) is 176 Å². The standard InChI is InChI=1S/C25H43O5Si.3C4H9.Sn/c1-10-14-23(26)29-21-17-22(30-31(8,9)25(4,5)6)19(11-2)20(21)16-13-12-15-18(3)24(27)28-7;3*1-3-4-2;/h2,11,18-19,22H,10,12-17H2,1,3-9H3;3*1,3-4H2,2H3;/t18?,19-,22+;;;;/m0..../s1. The molecule has 44 heavy (non-hydrogen) atoms. The number of hydrogen-bond donors (Lipinski definition) is 0. The topological polar surface area (TPSA) is 61.8 Å². The monoisotopic (exact) mass is 742 g/mol. The van der Waals surface area contributed by atoms with Gasteiger partial charge >= 0.3 is 279 Å². The molecule has 1 aliphatic carbocycles. The Bertz CT molecular complexity index is 898.